The van der Waals surface area contributed by atoms with E-state index >= 15 is 0 Å². The molecule has 2 aromatic rings. The van der Waals surface area contributed by atoms with Gasteiger partial charge in [-0.2, -0.15) is 11.3 Å². The highest BCUT2D eigenvalue weighted by Gasteiger charge is 2.21. The van der Waals surface area contributed by atoms with Crippen LogP contribution in [0.3, 0.4) is 0 Å². The lowest BCUT2D eigenvalue weighted by molar-refractivity contribution is 0.0496. The first-order chi connectivity index (χ1) is 9.89. The molecular weight excluding hydrogens is 286 g/mol. The van der Waals surface area contributed by atoms with Crippen LogP contribution < -0.4 is 5.32 Å². The van der Waals surface area contributed by atoms with Crippen molar-refractivity contribution in [2.24, 2.45) is 0 Å². The molecule has 0 aliphatic carbocycles. The van der Waals surface area contributed by atoms with Crippen LogP contribution in [-0.4, -0.2) is 11.7 Å². The van der Waals surface area contributed by atoms with E-state index in [1.54, 1.807) is 17.6 Å². The molecule has 5 heteroatoms. The number of carbonyl (C=O) groups excluding carboxylic acids is 1. The Morgan fingerprint density at radius 2 is 2.19 bits per heavy atom. The van der Waals surface area contributed by atoms with E-state index < -0.39 is 11.7 Å². The summed E-state index contributed by atoms with van der Waals surface area (Å²) >= 11 is 1.64. The lowest BCUT2D eigenvalue weighted by Gasteiger charge is -2.22. The molecule has 0 aromatic carbocycles. The number of hydrogen-bond acceptors (Lipinski definition) is 4. The van der Waals surface area contributed by atoms with E-state index in [2.05, 4.69) is 10.7 Å². The van der Waals surface area contributed by atoms with Gasteiger partial charge in [0.15, 0.2) is 0 Å². The summed E-state index contributed by atoms with van der Waals surface area (Å²) in [6.07, 6.45) is 2.02. The van der Waals surface area contributed by atoms with Crippen LogP contribution in [0.2, 0.25) is 0 Å². The number of nitrogens with one attached hydrogen (secondary N) is 1. The molecule has 0 bridgehead atoms. The van der Waals surface area contributed by atoms with Gasteiger partial charge >= 0.3 is 6.09 Å². The van der Waals surface area contributed by atoms with Crippen molar-refractivity contribution in [1.29, 1.82) is 0 Å². The fourth-order valence-corrected chi connectivity index (χ4v) is 2.60. The van der Waals surface area contributed by atoms with Crippen LogP contribution in [0.5, 0.6) is 0 Å². The van der Waals surface area contributed by atoms with E-state index in [0.717, 1.165) is 23.3 Å². The van der Waals surface area contributed by atoms with Crippen molar-refractivity contribution in [2.45, 2.75) is 45.8 Å². The van der Waals surface area contributed by atoms with Crippen LogP contribution in [-0.2, 0) is 4.74 Å². The van der Waals surface area contributed by atoms with Crippen molar-refractivity contribution in [1.82, 2.24) is 5.32 Å². The highest BCUT2D eigenvalue weighted by atomic mass is 32.1. The number of amides is 1. The Hall–Kier alpha value is -1.75. The summed E-state index contributed by atoms with van der Waals surface area (Å²) in [5, 5.41) is 6.94. The van der Waals surface area contributed by atoms with Crippen LogP contribution in [0.1, 0.15) is 45.9 Å². The van der Waals surface area contributed by atoms with Crippen LogP contribution in [0.15, 0.2) is 33.6 Å². The molecule has 1 N–H and O–H groups in total. The molecule has 1 amide bonds. The predicted octanol–water partition coefficient (Wildman–Crippen LogP) is 4.98. The molecule has 0 saturated carbocycles. The summed E-state index contributed by atoms with van der Waals surface area (Å²) in [5.41, 5.74) is 1.64. The smallest absolute Gasteiger partial charge is 0.408 e. The van der Waals surface area contributed by atoms with E-state index in [-0.39, 0.29) is 6.04 Å². The largest absolute Gasteiger partial charge is 0.466 e. The van der Waals surface area contributed by atoms with Gasteiger partial charge in [0.25, 0.3) is 0 Å². The van der Waals surface area contributed by atoms with E-state index in [4.69, 9.17) is 9.15 Å². The number of furan rings is 1. The van der Waals surface area contributed by atoms with Gasteiger partial charge in [-0.25, -0.2) is 4.79 Å². The first-order valence-corrected chi connectivity index (χ1v) is 7.94. The molecular formula is C16H21NO3S. The zero-order valence-corrected chi connectivity index (χ0v) is 13.6. The number of alkyl carbamates (subject to hydrolysis) is 1. The number of thiophene rings is 1. The maximum Gasteiger partial charge on any atom is 0.408 e. The lowest BCUT2D eigenvalue weighted by atomic mass is 10.1. The molecule has 21 heavy (non-hydrogen) atoms. The van der Waals surface area contributed by atoms with E-state index in [0.29, 0.717) is 0 Å². The second-order valence-electron chi connectivity index (χ2n) is 5.86. The molecule has 2 rings (SSSR count). The average Bonchev–Trinajstić information content (AvgIpc) is 3.03. The van der Waals surface area contributed by atoms with Crippen LogP contribution in [0, 0.1) is 0 Å². The topological polar surface area (TPSA) is 51.5 Å². The van der Waals surface area contributed by atoms with Crippen molar-refractivity contribution in [2.75, 3.05) is 0 Å². The zero-order chi connectivity index (χ0) is 15.5. The average molecular weight is 307 g/mol. The van der Waals surface area contributed by atoms with Crippen molar-refractivity contribution < 1.29 is 13.9 Å². The Kier molecular flexibility index (Phi) is 4.73. The van der Waals surface area contributed by atoms with Gasteiger partial charge in [0.1, 0.15) is 11.4 Å². The summed E-state index contributed by atoms with van der Waals surface area (Å²) < 4.78 is 10.9. The number of carbonyl (C=O) groups is 1. The van der Waals surface area contributed by atoms with Gasteiger partial charge in [0, 0.05) is 5.56 Å². The molecule has 0 spiro atoms. The molecule has 1 unspecified atom stereocenters. The van der Waals surface area contributed by atoms with E-state index in [9.17, 15) is 4.79 Å². The monoisotopic (exact) mass is 307 g/mol. The zero-order valence-electron chi connectivity index (χ0n) is 12.8. The number of rotatable bonds is 4. The Morgan fingerprint density at radius 3 is 2.76 bits per heavy atom. The molecule has 0 fully saturated rings. The van der Waals surface area contributed by atoms with Crippen molar-refractivity contribution in [3.63, 3.8) is 0 Å². The predicted molar refractivity (Wildman–Crippen MR) is 84.4 cm³/mol. The third kappa shape index (κ3) is 4.36. The molecule has 0 radical (unpaired) electrons. The quantitative estimate of drug-likeness (QED) is 0.866. The highest BCUT2D eigenvalue weighted by Crippen LogP contribution is 2.28. The molecule has 1 atom stereocenters. The number of ether oxygens (including phenoxy) is 1. The van der Waals surface area contributed by atoms with Crippen LogP contribution >= 0.6 is 11.3 Å². The number of hydrogen-bond donors (Lipinski definition) is 1. The summed E-state index contributed by atoms with van der Waals surface area (Å²) in [4.78, 5) is 11.9. The molecule has 0 aliphatic rings. The second kappa shape index (κ2) is 6.35. The summed E-state index contributed by atoms with van der Waals surface area (Å²) in [7, 11) is 0. The SMILES string of the molecule is CCC(NC(=O)OC(C)(C)C)c1cc(-c2ccsc2)co1. The molecule has 2 heterocycles. The standard InChI is InChI=1S/C16H21NO3S/c1-5-13(17-15(18)20-16(2,3)4)14-8-12(9-19-14)11-6-7-21-10-11/h6-10,13H,5H2,1-4H3,(H,17,18). The first-order valence-electron chi connectivity index (χ1n) is 6.99. The van der Waals surface area contributed by atoms with Gasteiger partial charge in [0.05, 0.1) is 12.3 Å². The molecule has 0 aliphatic heterocycles. The maximum atomic E-state index is 11.9. The Balaban J connectivity index is 2.06. The minimum atomic E-state index is -0.507. The van der Waals surface area contributed by atoms with Crippen LogP contribution in [0.4, 0.5) is 4.79 Å². The summed E-state index contributed by atoms with van der Waals surface area (Å²) in [6, 6.07) is 3.82. The summed E-state index contributed by atoms with van der Waals surface area (Å²) in [5.74, 6) is 0.740. The summed E-state index contributed by atoms with van der Waals surface area (Å²) in [6.45, 7) is 7.52. The van der Waals surface area contributed by atoms with E-state index in [1.165, 1.54) is 0 Å². The Bertz CT molecular complexity index is 581. The minimum Gasteiger partial charge on any atom is -0.466 e. The third-order valence-corrected chi connectivity index (χ3v) is 3.60. The van der Waals surface area contributed by atoms with Gasteiger partial charge < -0.3 is 14.5 Å². The van der Waals surface area contributed by atoms with Gasteiger partial charge in [-0.05, 0) is 55.6 Å². The molecule has 0 saturated heterocycles. The van der Waals surface area contributed by atoms with Gasteiger partial charge in [0.2, 0.25) is 0 Å². The molecule has 4 nitrogen and oxygen atoms in total. The van der Waals surface area contributed by atoms with Gasteiger partial charge in [-0.1, -0.05) is 6.92 Å². The van der Waals surface area contributed by atoms with E-state index in [1.807, 2.05) is 45.2 Å². The molecule has 2 aromatic heterocycles. The van der Waals surface area contributed by atoms with Crippen molar-refractivity contribution in [3.05, 3.63) is 34.9 Å². The lowest BCUT2D eigenvalue weighted by Crippen LogP contribution is -2.34. The van der Waals surface area contributed by atoms with Gasteiger partial charge in [-0.15, -0.1) is 0 Å². The first kappa shape index (κ1) is 15.6. The highest BCUT2D eigenvalue weighted by molar-refractivity contribution is 7.08. The minimum absolute atomic E-state index is 0.188. The normalized spacial score (nSPS) is 13.0. The maximum absolute atomic E-state index is 11.9. The molecule has 114 valence electrons. The second-order valence-corrected chi connectivity index (χ2v) is 6.64. The van der Waals surface area contributed by atoms with Crippen LogP contribution in [0.25, 0.3) is 11.1 Å². The van der Waals surface area contributed by atoms with Gasteiger partial charge in [-0.3, -0.25) is 0 Å². The fourth-order valence-electron chi connectivity index (χ4n) is 1.94. The van der Waals surface area contributed by atoms with Crippen molar-refractivity contribution >= 4 is 17.4 Å². The fraction of sp³-hybridized carbons (Fsp3) is 0.438. The Labute approximate surface area is 129 Å². The Morgan fingerprint density at radius 1 is 1.43 bits per heavy atom. The third-order valence-electron chi connectivity index (χ3n) is 2.92. The van der Waals surface area contributed by atoms with Crippen molar-refractivity contribution in [3.8, 4) is 11.1 Å².